The maximum Gasteiger partial charge on any atom is 0.343 e. The molecule has 2 aliphatic rings. The number of hydrogen-bond acceptors (Lipinski definition) is 9. The van der Waals surface area contributed by atoms with Crippen molar-refractivity contribution in [2.24, 2.45) is 11.8 Å². The van der Waals surface area contributed by atoms with Gasteiger partial charge in [0.15, 0.2) is 12.7 Å². The van der Waals surface area contributed by atoms with Crippen LogP contribution in [0.25, 0.3) is 0 Å². The van der Waals surface area contributed by atoms with Crippen molar-refractivity contribution in [3.05, 3.63) is 42.2 Å². The SMILES string of the molecule is COC(=O)COc1ccc2c(c1)SC(C1C=CC(OC)=CC1C)C(OC(C)=O)C(=O)N2CCN(C)C. The number of allylic oxidation sites excluding steroid dienone is 3. The Morgan fingerprint density at radius 3 is 2.56 bits per heavy atom. The molecule has 1 heterocycles. The Labute approximate surface area is 216 Å². The number of rotatable bonds is 9. The molecule has 0 saturated carbocycles. The number of fused-ring (bicyclic) bond motifs is 1. The number of esters is 2. The second-order valence-electron chi connectivity index (χ2n) is 8.97. The molecule has 0 fully saturated rings. The molecule has 0 saturated heterocycles. The number of hydrogen-bond donors (Lipinski definition) is 0. The first-order chi connectivity index (χ1) is 17.1. The molecule has 3 rings (SSSR count). The quantitative estimate of drug-likeness (QED) is 0.457. The van der Waals surface area contributed by atoms with Gasteiger partial charge in [-0.25, -0.2) is 4.79 Å². The van der Waals surface area contributed by atoms with Crippen LogP contribution in [-0.2, 0) is 28.6 Å². The summed E-state index contributed by atoms with van der Waals surface area (Å²) in [6, 6.07) is 5.34. The fraction of sp³-hybridized carbons (Fsp3) is 0.500. The van der Waals surface area contributed by atoms with E-state index in [2.05, 4.69) is 11.7 Å². The number of carbonyl (C=O) groups excluding carboxylic acids is 3. The highest BCUT2D eigenvalue weighted by Gasteiger charge is 2.44. The zero-order chi connectivity index (χ0) is 26.4. The molecule has 36 heavy (non-hydrogen) atoms. The minimum atomic E-state index is -0.990. The normalized spacial score (nSPS) is 23.5. The largest absolute Gasteiger partial charge is 0.497 e. The lowest BCUT2D eigenvalue weighted by molar-refractivity contribution is -0.153. The standard InChI is InChI=1S/C26H34N2O7S/c1-16-13-18(32-5)7-9-20(16)25-24(35-17(2)29)26(31)28(12-11-27(3)4)21-10-8-19(14-22(21)36-25)34-15-23(30)33-6/h7-10,13-14,16,20,24-25H,11-12,15H2,1-6H3. The van der Waals surface area contributed by atoms with Crippen LogP contribution in [0.3, 0.4) is 0 Å². The molecule has 1 aromatic carbocycles. The van der Waals surface area contributed by atoms with Gasteiger partial charge in [0.05, 0.1) is 25.2 Å². The van der Waals surface area contributed by atoms with E-state index in [1.807, 2.05) is 43.3 Å². The van der Waals surface area contributed by atoms with Crippen LogP contribution in [0.5, 0.6) is 5.75 Å². The summed E-state index contributed by atoms with van der Waals surface area (Å²) in [4.78, 5) is 42.1. The van der Waals surface area contributed by atoms with Gasteiger partial charge < -0.3 is 28.7 Å². The molecule has 10 heteroatoms. The molecular formula is C26H34N2O7S. The molecular weight excluding hydrogens is 484 g/mol. The lowest BCUT2D eigenvalue weighted by Gasteiger charge is -2.34. The van der Waals surface area contributed by atoms with E-state index < -0.39 is 23.3 Å². The van der Waals surface area contributed by atoms with Crippen LogP contribution in [0, 0.1) is 11.8 Å². The van der Waals surface area contributed by atoms with Crippen molar-refractivity contribution in [3.8, 4) is 5.75 Å². The summed E-state index contributed by atoms with van der Waals surface area (Å²) < 4.78 is 21.4. The molecule has 0 radical (unpaired) electrons. The van der Waals surface area contributed by atoms with Crippen LogP contribution in [-0.4, -0.2) is 82.1 Å². The Morgan fingerprint density at radius 1 is 1.19 bits per heavy atom. The van der Waals surface area contributed by atoms with E-state index in [-0.39, 0.29) is 24.3 Å². The van der Waals surface area contributed by atoms with Gasteiger partial charge in [0, 0.05) is 24.9 Å². The number of methoxy groups -OCH3 is 2. The molecule has 0 bridgehead atoms. The first-order valence-corrected chi connectivity index (χ1v) is 12.6. The maximum atomic E-state index is 13.9. The Balaban J connectivity index is 2.05. The third kappa shape index (κ3) is 6.61. The summed E-state index contributed by atoms with van der Waals surface area (Å²) in [6.07, 6.45) is 4.91. The first kappa shape index (κ1) is 27.6. The topological polar surface area (TPSA) is 94.6 Å². The van der Waals surface area contributed by atoms with Crippen molar-refractivity contribution in [1.82, 2.24) is 4.90 Å². The molecule has 1 aliphatic carbocycles. The highest BCUT2D eigenvalue weighted by Crippen LogP contribution is 2.46. The highest BCUT2D eigenvalue weighted by molar-refractivity contribution is 8.00. The molecule has 9 nitrogen and oxygen atoms in total. The molecule has 1 amide bonds. The number of amides is 1. The fourth-order valence-corrected chi connectivity index (χ4v) is 5.75. The lowest BCUT2D eigenvalue weighted by atomic mass is 9.84. The summed E-state index contributed by atoms with van der Waals surface area (Å²) in [5.41, 5.74) is 0.706. The molecule has 0 aromatic heterocycles. The van der Waals surface area contributed by atoms with Crippen LogP contribution >= 0.6 is 11.8 Å². The fourth-order valence-electron chi connectivity index (χ4n) is 4.18. The van der Waals surface area contributed by atoms with E-state index in [4.69, 9.17) is 14.2 Å². The molecule has 4 atom stereocenters. The van der Waals surface area contributed by atoms with E-state index >= 15 is 0 Å². The van der Waals surface area contributed by atoms with Gasteiger partial charge in [-0.15, -0.1) is 11.8 Å². The van der Waals surface area contributed by atoms with Crippen molar-refractivity contribution >= 4 is 35.3 Å². The minimum absolute atomic E-state index is 0.0313. The molecule has 0 N–H and O–H groups in total. The third-order valence-electron chi connectivity index (χ3n) is 6.07. The number of nitrogens with zero attached hydrogens (tertiary/aromatic N) is 2. The van der Waals surface area contributed by atoms with E-state index in [1.54, 1.807) is 24.1 Å². The Kier molecular flexibility index (Phi) is 9.44. The summed E-state index contributed by atoms with van der Waals surface area (Å²) in [5.74, 6) is -0.124. The van der Waals surface area contributed by atoms with E-state index in [1.165, 1.54) is 25.8 Å². The van der Waals surface area contributed by atoms with Crippen molar-refractivity contribution in [1.29, 1.82) is 0 Å². The number of benzene rings is 1. The van der Waals surface area contributed by atoms with Gasteiger partial charge in [-0.3, -0.25) is 9.59 Å². The van der Waals surface area contributed by atoms with Crippen molar-refractivity contribution < 1.29 is 33.3 Å². The van der Waals surface area contributed by atoms with Gasteiger partial charge in [0.1, 0.15) is 11.5 Å². The van der Waals surface area contributed by atoms with Crippen LogP contribution in [0.1, 0.15) is 13.8 Å². The Bertz CT molecular complexity index is 1040. The summed E-state index contributed by atoms with van der Waals surface area (Å²) in [6.45, 7) is 4.17. The van der Waals surface area contributed by atoms with Crippen LogP contribution in [0.4, 0.5) is 5.69 Å². The second kappa shape index (κ2) is 12.3. The molecule has 4 unspecified atom stereocenters. The lowest BCUT2D eigenvalue weighted by Crippen LogP contribution is -2.49. The first-order valence-electron chi connectivity index (χ1n) is 11.7. The Morgan fingerprint density at radius 2 is 1.94 bits per heavy atom. The highest BCUT2D eigenvalue weighted by atomic mass is 32.2. The second-order valence-corrected chi connectivity index (χ2v) is 10.2. The molecule has 1 aromatic rings. The van der Waals surface area contributed by atoms with Crippen molar-refractivity contribution in [3.63, 3.8) is 0 Å². The smallest absolute Gasteiger partial charge is 0.343 e. The number of ether oxygens (including phenoxy) is 4. The number of anilines is 1. The monoisotopic (exact) mass is 518 g/mol. The van der Waals surface area contributed by atoms with Gasteiger partial charge in [-0.1, -0.05) is 13.0 Å². The van der Waals surface area contributed by atoms with Crippen LogP contribution in [0.2, 0.25) is 0 Å². The minimum Gasteiger partial charge on any atom is -0.497 e. The van der Waals surface area contributed by atoms with Gasteiger partial charge in [0.2, 0.25) is 0 Å². The van der Waals surface area contributed by atoms with Crippen molar-refractivity contribution in [2.45, 2.75) is 30.1 Å². The average molecular weight is 519 g/mol. The van der Waals surface area contributed by atoms with Gasteiger partial charge in [0.25, 0.3) is 5.91 Å². The van der Waals surface area contributed by atoms with Gasteiger partial charge >= 0.3 is 11.9 Å². The zero-order valence-electron chi connectivity index (χ0n) is 21.6. The average Bonchev–Trinajstić information content (AvgIpc) is 2.95. The third-order valence-corrected chi connectivity index (χ3v) is 7.49. The van der Waals surface area contributed by atoms with E-state index in [0.717, 1.165) is 10.7 Å². The number of likely N-dealkylation sites (N-methyl/N-ethyl adjacent to an activating group) is 1. The predicted octanol–water partition coefficient (Wildman–Crippen LogP) is 2.89. The summed E-state index contributed by atoms with van der Waals surface area (Å²) in [5, 5.41) is -0.402. The van der Waals surface area contributed by atoms with Gasteiger partial charge in [-0.2, -0.15) is 0 Å². The Hall–Kier alpha value is -2.98. The van der Waals surface area contributed by atoms with Gasteiger partial charge in [-0.05, 0) is 56.3 Å². The number of carbonyl (C=O) groups is 3. The summed E-state index contributed by atoms with van der Waals surface area (Å²) in [7, 11) is 6.78. The van der Waals surface area contributed by atoms with Crippen LogP contribution in [0.15, 0.2) is 47.1 Å². The number of thioether (sulfide) groups is 1. The zero-order valence-corrected chi connectivity index (χ0v) is 22.4. The molecule has 1 aliphatic heterocycles. The van der Waals surface area contributed by atoms with Crippen LogP contribution < -0.4 is 9.64 Å². The van der Waals surface area contributed by atoms with Crippen molar-refractivity contribution in [2.75, 3.05) is 52.9 Å². The van der Waals surface area contributed by atoms with E-state index in [0.29, 0.717) is 24.5 Å². The predicted molar refractivity (Wildman–Crippen MR) is 137 cm³/mol. The van der Waals surface area contributed by atoms with E-state index in [9.17, 15) is 14.4 Å². The maximum absolute atomic E-state index is 13.9. The summed E-state index contributed by atoms with van der Waals surface area (Å²) >= 11 is 1.47. The molecule has 0 spiro atoms. The molecule has 196 valence electrons.